The fourth-order valence-corrected chi connectivity index (χ4v) is 4.96. The van der Waals surface area contributed by atoms with Crippen LogP contribution in [0.1, 0.15) is 47.9 Å². The molecule has 3 aromatic heterocycles. The lowest BCUT2D eigenvalue weighted by molar-refractivity contribution is -0.119. The van der Waals surface area contributed by atoms with Gasteiger partial charge in [-0.3, -0.25) is 14.2 Å². The number of rotatable bonds is 8. The van der Waals surface area contributed by atoms with Crippen molar-refractivity contribution in [2.45, 2.75) is 40.2 Å². The molecule has 10 heteroatoms. The van der Waals surface area contributed by atoms with Crippen molar-refractivity contribution in [1.82, 2.24) is 24.1 Å². The molecule has 3 heterocycles. The average molecular weight is 539 g/mol. The van der Waals surface area contributed by atoms with Gasteiger partial charge in [-0.25, -0.2) is 14.2 Å². The quantitative estimate of drug-likeness (QED) is 0.285. The molecule has 0 bridgehead atoms. The first-order chi connectivity index (χ1) is 19.3. The molecule has 0 aliphatic carbocycles. The van der Waals surface area contributed by atoms with Crippen LogP contribution in [-0.2, 0) is 9.53 Å². The number of amides is 1. The summed E-state index contributed by atoms with van der Waals surface area (Å²) in [5.41, 5.74) is 3.24. The number of pyridine rings is 1. The van der Waals surface area contributed by atoms with Crippen LogP contribution < -0.4 is 10.9 Å². The minimum absolute atomic E-state index is 0.112. The van der Waals surface area contributed by atoms with Crippen molar-refractivity contribution >= 4 is 28.7 Å². The van der Waals surface area contributed by atoms with E-state index in [1.54, 1.807) is 11.6 Å². The normalized spacial score (nSPS) is 11.9. The predicted molar refractivity (Wildman–Crippen MR) is 152 cm³/mol. The van der Waals surface area contributed by atoms with Gasteiger partial charge >= 0.3 is 5.97 Å². The van der Waals surface area contributed by atoms with E-state index in [1.807, 2.05) is 81.4 Å². The fraction of sp³-hybridized carbons (Fsp3) is 0.233. The molecule has 1 N–H and O–H groups in total. The predicted octanol–water partition coefficient (Wildman–Crippen LogP) is 4.76. The maximum atomic E-state index is 14.0. The molecule has 204 valence electrons. The highest BCUT2D eigenvalue weighted by atomic mass is 16.5. The zero-order valence-electron chi connectivity index (χ0n) is 22.8. The number of ether oxygens (including phenoxy) is 1. The Morgan fingerprint density at radius 3 is 2.17 bits per heavy atom. The molecule has 1 unspecified atom stereocenters. The van der Waals surface area contributed by atoms with Gasteiger partial charge in [0.1, 0.15) is 17.3 Å². The lowest BCUT2D eigenvalue weighted by atomic mass is 10.1. The summed E-state index contributed by atoms with van der Waals surface area (Å²) in [6.07, 6.45) is 1.67. The largest absolute Gasteiger partial charge is 0.462 e. The highest BCUT2D eigenvalue weighted by Gasteiger charge is 2.29. The van der Waals surface area contributed by atoms with Gasteiger partial charge in [-0.2, -0.15) is 10.2 Å². The smallest absolute Gasteiger partial charge is 0.343 e. The van der Waals surface area contributed by atoms with E-state index in [-0.39, 0.29) is 23.5 Å². The molecule has 10 nitrogen and oxygen atoms in total. The molecule has 5 rings (SSSR count). The molecular formula is C30H30N6O4. The van der Waals surface area contributed by atoms with Crippen LogP contribution >= 0.6 is 0 Å². The summed E-state index contributed by atoms with van der Waals surface area (Å²) in [7, 11) is 0. The Bertz CT molecular complexity index is 1750. The third-order valence-corrected chi connectivity index (χ3v) is 6.74. The van der Waals surface area contributed by atoms with Crippen molar-refractivity contribution in [1.29, 1.82) is 0 Å². The van der Waals surface area contributed by atoms with Crippen molar-refractivity contribution in [3.05, 3.63) is 100 Å². The fourth-order valence-electron chi connectivity index (χ4n) is 4.96. The number of aryl methyl sites for hydroxylation is 2. The van der Waals surface area contributed by atoms with E-state index in [0.29, 0.717) is 17.8 Å². The number of anilines is 1. The Morgan fingerprint density at radius 1 is 0.950 bits per heavy atom. The van der Waals surface area contributed by atoms with Gasteiger partial charge in [-0.05, 0) is 57.0 Å². The van der Waals surface area contributed by atoms with E-state index in [1.165, 1.54) is 21.5 Å². The van der Waals surface area contributed by atoms with Gasteiger partial charge in [-0.1, -0.05) is 43.3 Å². The molecule has 0 spiro atoms. The lowest BCUT2D eigenvalue weighted by Gasteiger charge is -2.21. The average Bonchev–Trinajstić information content (AvgIpc) is 3.53. The van der Waals surface area contributed by atoms with Crippen LogP contribution in [0.2, 0.25) is 0 Å². The van der Waals surface area contributed by atoms with Crippen LogP contribution in [0, 0.1) is 13.8 Å². The van der Waals surface area contributed by atoms with Crippen LogP contribution in [0.4, 0.5) is 5.82 Å². The van der Waals surface area contributed by atoms with Crippen LogP contribution in [0.3, 0.4) is 0 Å². The molecule has 2 aromatic carbocycles. The van der Waals surface area contributed by atoms with Gasteiger partial charge in [-0.15, -0.1) is 0 Å². The van der Waals surface area contributed by atoms with E-state index >= 15 is 0 Å². The second-order valence-electron chi connectivity index (χ2n) is 9.35. The SMILES string of the molecule is CCOC(=O)c1cnn(-c2ccccc2)c1NC(=O)C(CC)n1c(=O)cc(C)c2c(C)nn(-c3ccccc3)c21. The van der Waals surface area contributed by atoms with E-state index in [0.717, 1.165) is 22.3 Å². The van der Waals surface area contributed by atoms with Gasteiger partial charge in [0.25, 0.3) is 5.56 Å². The Balaban J connectivity index is 1.65. The maximum absolute atomic E-state index is 14.0. The standard InChI is InChI=1S/C30H30N6O4/c1-5-24(28(38)32-27-23(30(39)40-6-2)18-31-35(27)21-13-9-7-10-14-21)34-25(37)17-19(3)26-20(4)33-36(29(26)34)22-15-11-8-12-16-22/h7-18,24H,5-6H2,1-4H3,(H,32,38). The number of fused-ring (bicyclic) bond motifs is 1. The first kappa shape index (κ1) is 26.6. The van der Waals surface area contributed by atoms with Crippen molar-refractivity contribution in [3.8, 4) is 11.4 Å². The van der Waals surface area contributed by atoms with E-state index in [2.05, 4.69) is 10.4 Å². The topological polar surface area (TPSA) is 113 Å². The van der Waals surface area contributed by atoms with Crippen molar-refractivity contribution in [2.75, 3.05) is 11.9 Å². The van der Waals surface area contributed by atoms with E-state index in [4.69, 9.17) is 9.84 Å². The number of nitrogens with one attached hydrogen (secondary N) is 1. The Labute approximate surface area is 230 Å². The van der Waals surface area contributed by atoms with Gasteiger partial charge in [0.05, 0.1) is 29.9 Å². The zero-order valence-corrected chi connectivity index (χ0v) is 22.8. The molecular weight excluding hydrogens is 508 g/mol. The van der Waals surface area contributed by atoms with E-state index in [9.17, 15) is 14.4 Å². The highest BCUT2D eigenvalue weighted by Crippen LogP contribution is 2.28. The highest BCUT2D eigenvalue weighted by molar-refractivity contribution is 6.02. The third-order valence-electron chi connectivity index (χ3n) is 6.74. The van der Waals surface area contributed by atoms with Gasteiger partial charge in [0.15, 0.2) is 5.82 Å². The third kappa shape index (κ3) is 4.68. The number of esters is 1. The van der Waals surface area contributed by atoms with Gasteiger partial charge < -0.3 is 10.1 Å². The monoisotopic (exact) mass is 538 g/mol. The summed E-state index contributed by atoms with van der Waals surface area (Å²) < 4.78 is 9.88. The van der Waals surface area contributed by atoms with E-state index < -0.39 is 17.9 Å². The second kappa shape index (κ2) is 11.0. The van der Waals surface area contributed by atoms with Gasteiger partial charge in [0, 0.05) is 11.5 Å². The number of hydrogen-bond acceptors (Lipinski definition) is 6. The number of nitrogens with zero attached hydrogens (tertiary/aromatic N) is 5. The summed E-state index contributed by atoms with van der Waals surface area (Å²) in [6, 6.07) is 19.2. The number of carbonyl (C=O) groups excluding carboxylic acids is 2. The molecule has 0 radical (unpaired) electrons. The van der Waals surface area contributed by atoms with Crippen LogP contribution in [0.25, 0.3) is 22.4 Å². The number of hydrogen-bond donors (Lipinski definition) is 1. The first-order valence-electron chi connectivity index (χ1n) is 13.1. The minimum Gasteiger partial charge on any atom is -0.462 e. The van der Waals surface area contributed by atoms with Crippen LogP contribution in [-0.4, -0.2) is 42.6 Å². The molecule has 5 aromatic rings. The summed E-state index contributed by atoms with van der Waals surface area (Å²) in [5, 5.41) is 12.8. The minimum atomic E-state index is -0.914. The molecule has 0 fully saturated rings. The first-order valence-corrected chi connectivity index (χ1v) is 13.1. The number of carbonyl (C=O) groups is 2. The van der Waals surface area contributed by atoms with Crippen LogP contribution in [0.5, 0.6) is 0 Å². The summed E-state index contributed by atoms with van der Waals surface area (Å²) in [5.74, 6) is -0.922. The molecule has 0 saturated heterocycles. The van der Waals surface area contributed by atoms with Crippen molar-refractivity contribution in [3.63, 3.8) is 0 Å². The molecule has 1 atom stereocenters. The van der Waals surface area contributed by atoms with Crippen molar-refractivity contribution in [2.24, 2.45) is 0 Å². The number of benzene rings is 2. The number of para-hydroxylation sites is 2. The molecule has 40 heavy (non-hydrogen) atoms. The molecule has 0 aliphatic heterocycles. The van der Waals surface area contributed by atoms with Crippen LogP contribution in [0.15, 0.2) is 77.7 Å². The molecule has 0 saturated carbocycles. The lowest BCUT2D eigenvalue weighted by Crippen LogP contribution is -2.34. The molecule has 0 aliphatic rings. The molecule has 1 amide bonds. The zero-order chi connectivity index (χ0) is 28.4. The number of aromatic nitrogens is 5. The Morgan fingerprint density at radius 2 is 1.57 bits per heavy atom. The summed E-state index contributed by atoms with van der Waals surface area (Å²) >= 11 is 0. The van der Waals surface area contributed by atoms with Gasteiger partial charge in [0.2, 0.25) is 5.91 Å². The summed E-state index contributed by atoms with van der Waals surface area (Å²) in [4.78, 5) is 40.3. The second-order valence-corrected chi connectivity index (χ2v) is 9.35. The maximum Gasteiger partial charge on any atom is 0.343 e. The summed E-state index contributed by atoms with van der Waals surface area (Å²) in [6.45, 7) is 7.45. The Hall–Kier alpha value is -4.99. The Kier molecular flexibility index (Phi) is 7.33. The van der Waals surface area contributed by atoms with Crippen molar-refractivity contribution < 1.29 is 14.3 Å².